The van der Waals surface area contributed by atoms with Crippen LogP contribution in [0.4, 0.5) is 18.0 Å². The third-order valence-electron chi connectivity index (χ3n) is 2.23. The van der Waals surface area contributed by atoms with Gasteiger partial charge < -0.3 is 20.5 Å². The zero-order chi connectivity index (χ0) is 13.1. The summed E-state index contributed by atoms with van der Waals surface area (Å²) in [5, 5.41) is 12.4. The second-order valence-electron chi connectivity index (χ2n) is 3.61. The molecule has 1 heterocycles. The number of ether oxygens (including phenoxy) is 1. The number of halogens is 3. The Labute approximate surface area is 94.1 Å². The van der Waals surface area contributed by atoms with E-state index in [1.807, 2.05) is 5.32 Å². The molecule has 98 valence electrons. The van der Waals surface area contributed by atoms with Gasteiger partial charge in [0.15, 0.2) is 5.54 Å². The van der Waals surface area contributed by atoms with Gasteiger partial charge in [-0.25, -0.2) is 9.59 Å². The van der Waals surface area contributed by atoms with Gasteiger partial charge in [0.25, 0.3) is 0 Å². The molecular formula is C8H11F3N2O4. The van der Waals surface area contributed by atoms with E-state index in [-0.39, 0.29) is 19.6 Å². The van der Waals surface area contributed by atoms with Crippen molar-refractivity contribution in [1.29, 1.82) is 0 Å². The van der Waals surface area contributed by atoms with Crippen LogP contribution in [-0.2, 0) is 9.53 Å². The molecule has 1 aliphatic rings. The van der Waals surface area contributed by atoms with Crippen LogP contribution < -0.4 is 10.6 Å². The summed E-state index contributed by atoms with van der Waals surface area (Å²) in [7, 11) is 0. The largest absolute Gasteiger partial charge is 0.479 e. The van der Waals surface area contributed by atoms with Crippen molar-refractivity contribution < 1.29 is 32.6 Å². The van der Waals surface area contributed by atoms with Crippen LogP contribution in [0.2, 0.25) is 0 Å². The highest BCUT2D eigenvalue weighted by Gasteiger charge is 2.44. The Bertz CT molecular complexity index is 312. The molecule has 0 saturated carbocycles. The van der Waals surface area contributed by atoms with E-state index in [0.717, 1.165) is 0 Å². The first-order valence-corrected chi connectivity index (χ1v) is 4.69. The summed E-state index contributed by atoms with van der Waals surface area (Å²) in [6.07, 6.45) is -4.53. The van der Waals surface area contributed by atoms with Crippen LogP contribution in [0, 0.1) is 0 Å². The first kappa shape index (κ1) is 13.6. The Hall–Kier alpha value is -1.51. The summed E-state index contributed by atoms with van der Waals surface area (Å²) >= 11 is 0. The number of rotatable bonds is 3. The molecular weight excluding hydrogens is 245 g/mol. The van der Waals surface area contributed by atoms with E-state index in [0.29, 0.717) is 0 Å². The third-order valence-corrected chi connectivity index (χ3v) is 2.23. The maximum Gasteiger partial charge on any atom is 0.405 e. The SMILES string of the molecule is O=C(NCC(F)(F)F)NC1(C(=O)O)CCOC1. The summed E-state index contributed by atoms with van der Waals surface area (Å²) in [5.74, 6) is -1.34. The van der Waals surface area contributed by atoms with Crippen molar-refractivity contribution in [3.05, 3.63) is 0 Å². The average molecular weight is 256 g/mol. The molecule has 1 fully saturated rings. The number of carboxylic acid groups (broad SMARTS) is 1. The summed E-state index contributed by atoms with van der Waals surface area (Å²) in [6.45, 7) is -1.65. The lowest BCUT2D eigenvalue weighted by Gasteiger charge is -2.23. The van der Waals surface area contributed by atoms with E-state index in [2.05, 4.69) is 0 Å². The smallest absolute Gasteiger partial charge is 0.405 e. The summed E-state index contributed by atoms with van der Waals surface area (Å²) < 4.78 is 40.2. The van der Waals surface area contributed by atoms with Crippen molar-refractivity contribution in [2.24, 2.45) is 0 Å². The van der Waals surface area contributed by atoms with E-state index in [1.165, 1.54) is 5.32 Å². The lowest BCUT2D eigenvalue weighted by atomic mass is 9.99. The highest BCUT2D eigenvalue weighted by atomic mass is 19.4. The first-order valence-electron chi connectivity index (χ1n) is 4.69. The number of carbonyl (C=O) groups is 2. The Morgan fingerprint density at radius 1 is 1.41 bits per heavy atom. The molecule has 1 saturated heterocycles. The monoisotopic (exact) mass is 256 g/mol. The van der Waals surface area contributed by atoms with Crippen LogP contribution in [0.25, 0.3) is 0 Å². The molecule has 0 radical (unpaired) electrons. The Morgan fingerprint density at radius 3 is 2.47 bits per heavy atom. The van der Waals surface area contributed by atoms with Crippen LogP contribution in [0.15, 0.2) is 0 Å². The average Bonchev–Trinajstić information content (AvgIpc) is 2.63. The number of nitrogens with one attached hydrogen (secondary N) is 2. The Kier molecular flexibility index (Phi) is 3.81. The van der Waals surface area contributed by atoms with Gasteiger partial charge in [-0.15, -0.1) is 0 Å². The second-order valence-corrected chi connectivity index (χ2v) is 3.61. The predicted octanol–water partition coefficient (Wildman–Crippen LogP) is 0.0916. The van der Waals surface area contributed by atoms with Crippen molar-refractivity contribution in [3.8, 4) is 0 Å². The van der Waals surface area contributed by atoms with Gasteiger partial charge in [-0.1, -0.05) is 0 Å². The highest BCUT2D eigenvalue weighted by molar-refractivity contribution is 5.86. The van der Waals surface area contributed by atoms with Gasteiger partial charge in [0, 0.05) is 13.0 Å². The lowest BCUT2D eigenvalue weighted by molar-refractivity contribution is -0.144. The lowest BCUT2D eigenvalue weighted by Crippen LogP contribution is -2.58. The molecule has 1 atom stereocenters. The standard InChI is InChI=1S/C8H11F3N2O4/c9-8(10,11)3-12-6(16)13-7(5(14)15)1-2-17-4-7/h1-4H2,(H,14,15)(H2,12,13,16). The fourth-order valence-corrected chi connectivity index (χ4v) is 1.33. The van der Waals surface area contributed by atoms with Gasteiger partial charge >= 0.3 is 18.2 Å². The molecule has 0 aromatic heterocycles. The number of carboxylic acids is 1. The van der Waals surface area contributed by atoms with Crippen molar-refractivity contribution in [2.45, 2.75) is 18.1 Å². The van der Waals surface area contributed by atoms with Crippen LogP contribution in [0.1, 0.15) is 6.42 Å². The molecule has 0 aromatic carbocycles. The van der Waals surface area contributed by atoms with Crippen LogP contribution in [0.5, 0.6) is 0 Å². The van der Waals surface area contributed by atoms with Crippen molar-refractivity contribution in [1.82, 2.24) is 10.6 Å². The van der Waals surface area contributed by atoms with Crippen molar-refractivity contribution >= 4 is 12.0 Å². The number of hydrogen-bond donors (Lipinski definition) is 3. The predicted molar refractivity (Wildman–Crippen MR) is 48.4 cm³/mol. The molecule has 6 nitrogen and oxygen atoms in total. The molecule has 17 heavy (non-hydrogen) atoms. The number of hydrogen-bond acceptors (Lipinski definition) is 3. The molecule has 1 aliphatic heterocycles. The molecule has 0 aromatic rings. The van der Waals surface area contributed by atoms with Crippen LogP contribution in [0.3, 0.4) is 0 Å². The normalized spacial score (nSPS) is 24.4. The van der Waals surface area contributed by atoms with Gasteiger partial charge in [0.2, 0.25) is 0 Å². The van der Waals surface area contributed by atoms with Crippen molar-refractivity contribution in [2.75, 3.05) is 19.8 Å². The maximum atomic E-state index is 11.8. The zero-order valence-electron chi connectivity index (χ0n) is 8.63. The minimum atomic E-state index is -4.54. The maximum absolute atomic E-state index is 11.8. The summed E-state index contributed by atoms with van der Waals surface area (Å²) in [6, 6.07) is -1.18. The molecule has 1 rings (SSSR count). The van der Waals surface area contributed by atoms with E-state index in [4.69, 9.17) is 9.84 Å². The minimum absolute atomic E-state index is 0.0156. The van der Waals surface area contributed by atoms with Gasteiger partial charge in [-0.05, 0) is 0 Å². The fraction of sp³-hybridized carbons (Fsp3) is 0.750. The van der Waals surface area contributed by atoms with Crippen LogP contribution >= 0.6 is 0 Å². The van der Waals surface area contributed by atoms with E-state index >= 15 is 0 Å². The summed E-state index contributed by atoms with van der Waals surface area (Å²) in [4.78, 5) is 22.0. The molecule has 0 bridgehead atoms. The Balaban J connectivity index is 2.51. The highest BCUT2D eigenvalue weighted by Crippen LogP contribution is 2.19. The van der Waals surface area contributed by atoms with Gasteiger partial charge in [0.05, 0.1) is 6.61 Å². The molecule has 2 amide bonds. The number of carbonyl (C=O) groups excluding carboxylic acids is 1. The fourth-order valence-electron chi connectivity index (χ4n) is 1.33. The van der Waals surface area contributed by atoms with E-state index in [9.17, 15) is 22.8 Å². The zero-order valence-corrected chi connectivity index (χ0v) is 8.63. The molecule has 3 N–H and O–H groups in total. The molecule has 9 heteroatoms. The van der Waals surface area contributed by atoms with Gasteiger partial charge in [-0.3, -0.25) is 0 Å². The van der Waals surface area contributed by atoms with Crippen LogP contribution in [-0.4, -0.2) is 48.6 Å². The topological polar surface area (TPSA) is 87.7 Å². The number of aliphatic carboxylic acids is 1. The van der Waals surface area contributed by atoms with Gasteiger partial charge in [-0.2, -0.15) is 13.2 Å². The number of urea groups is 1. The van der Waals surface area contributed by atoms with Crippen molar-refractivity contribution in [3.63, 3.8) is 0 Å². The Morgan fingerprint density at radius 2 is 2.06 bits per heavy atom. The second kappa shape index (κ2) is 4.78. The van der Waals surface area contributed by atoms with E-state index in [1.54, 1.807) is 0 Å². The number of alkyl halides is 3. The molecule has 1 unspecified atom stereocenters. The van der Waals surface area contributed by atoms with E-state index < -0.39 is 30.3 Å². The molecule has 0 spiro atoms. The molecule has 0 aliphatic carbocycles. The first-order chi connectivity index (χ1) is 7.75. The summed E-state index contributed by atoms with van der Waals surface area (Å²) in [5.41, 5.74) is -1.64. The van der Waals surface area contributed by atoms with Gasteiger partial charge in [0.1, 0.15) is 6.54 Å². The minimum Gasteiger partial charge on any atom is -0.479 e. The quantitative estimate of drug-likeness (QED) is 0.668. The number of amides is 2. The third kappa shape index (κ3) is 3.77.